The second kappa shape index (κ2) is 7.43. The lowest BCUT2D eigenvalue weighted by Crippen LogP contribution is -2.42. The molecule has 0 aromatic heterocycles. The summed E-state index contributed by atoms with van der Waals surface area (Å²) in [5.74, 6) is 0.966. The van der Waals surface area contributed by atoms with Gasteiger partial charge in [0.15, 0.2) is 0 Å². The molecule has 114 valence electrons. The molecule has 1 aliphatic carbocycles. The second-order valence-electron chi connectivity index (χ2n) is 6.87. The van der Waals surface area contributed by atoms with Gasteiger partial charge in [0, 0.05) is 6.04 Å². The van der Waals surface area contributed by atoms with Crippen molar-refractivity contribution >= 4 is 0 Å². The SMILES string of the molecule is CCNC(C)(C#N)CCCN1CCCC1C1CCCC1. The fraction of sp³-hybridized carbons (Fsp3) is 0.941. The summed E-state index contributed by atoms with van der Waals surface area (Å²) in [4.78, 5) is 2.72. The minimum atomic E-state index is -0.336. The van der Waals surface area contributed by atoms with Gasteiger partial charge in [-0.2, -0.15) is 5.26 Å². The number of nitrogens with zero attached hydrogens (tertiary/aromatic N) is 2. The van der Waals surface area contributed by atoms with Crippen molar-refractivity contribution < 1.29 is 0 Å². The lowest BCUT2D eigenvalue weighted by Gasteiger charge is -2.30. The van der Waals surface area contributed by atoms with E-state index in [-0.39, 0.29) is 5.54 Å². The fourth-order valence-electron chi connectivity index (χ4n) is 4.22. The quantitative estimate of drug-likeness (QED) is 0.776. The molecule has 2 rings (SSSR count). The zero-order valence-electron chi connectivity index (χ0n) is 13.3. The average Bonchev–Trinajstić information content (AvgIpc) is 3.09. The van der Waals surface area contributed by atoms with Crippen LogP contribution in [-0.4, -0.2) is 36.1 Å². The molecule has 2 fully saturated rings. The summed E-state index contributed by atoms with van der Waals surface area (Å²) in [7, 11) is 0. The van der Waals surface area contributed by atoms with Crippen LogP contribution in [0.1, 0.15) is 65.2 Å². The van der Waals surface area contributed by atoms with Crippen LogP contribution in [0.15, 0.2) is 0 Å². The Kier molecular flexibility index (Phi) is 5.86. The van der Waals surface area contributed by atoms with Crippen molar-refractivity contribution in [3.05, 3.63) is 0 Å². The normalized spacial score (nSPS) is 27.6. The summed E-state index contributed by atoms with van der Waals surface area (Å²) in [6, 6.07) is 3.29. The Morgan fingerprint density at radius 2 is 2.00 bits per heavy atom. The van der Waals surface area contributed by atoms with Crippen LogP contribution in [0.3, 0.4) is 0 Å². The van der Waals surface area contributed by atoms with Gasteiger partial charge in [-0.15, -0.1) is 0 Å². The van der Waals surface area contributed by atoms with E-state index in [1.165, 1.54) is 51.6 Å². The maximum absolute atomic E-state index is 9.31. The summed E-state index contributed by atoms with van der Waals surface area (Å²) in [5, 5.41) is 12.6. The monoisotopic (exact) mass is 277 g/mol. The van der Waals surface area contributed by atoms with Crippen molar-refractivity contribution in [3.8, 4) is 6.07 Å². The van der Waals surface area contributed by atoms with E-state index in [1.54, 1.807) is 0 Å². The van der Waals surface area contributed by atoms with Gasteiger partial charge in [-0.05, 0) is 71.0 Å². The molecule has 0 aromatic carbocycles. The van der Waals surface area contributed by atoms with E-state index < -0.39 is 0 Å². The third-order valence-electron chi connectivity index (χ3n) is 5.29. The molecule has 1 saturated carbocycles. The molecule has 0 radical (unpaired) electrons. The van der Waals surface area contributed by atoms with Gasteiger partial charge in [0.2, 0.25) is 0 Å². The predicted octanol–water partition coefficient (Wildman–Crippen LogP) is 3.31. The topological polar surface area (TPSA) is 39.1 Å². The third-order valence-corrected chi connectivity index (χ3v) is 5.29. The molecule has 0 spiro atoms. The largest absolute Gasteiger partial charge is 0.300 e. The molecule has 1 N–H and O–H groups in total. The highest BCUT2D eigenvalue weighted by atomic mass is 15.2. The highest BCUT2D eigenvalue weighted by Crippen LogP contribution is 2.35. The lowest BCUT2D eigenvalue weighted by atomic mass is 9.94. The number of hydrogen-bond donors (Lipinski definition) is 1. The summed E-state index contributed by atoms with van der Waals surface area (Å²) in [5.41, 5.74) is -0.336. The number of nitrogens with one attached hydrogen (secondary N) is 1. The first-order valence-electron chi connectivity index (χ1n) is 8.59. The Bertz CT molecular complexity index is 330. The molecule has 0 aromatic rings. The van der Waals surface area contributed by atoms with Gasteiger partial charge in [0.25, 0.3) is 0 Å². The Labute approximate surface area is 124 Å². The van der Waals surface area contributed by atoms with Gasteiger partial charge in [0.05, 0.1) is 6.07 Å². The highest BCUT2D eigenvalue weighted by molar-refractivity contribution is 5.03. The molecule has 1 saturated heterocycles. The Morgan fingerprint density at radius 3 is 2.65 bits per heavy atom. The van der Waals surface area contributed by atoms with Gasteiger partial charge in [0.1, 0.15) is 5.54 Å². The standard InChI is InChI=1S/C17H31N3/c1-3-19-17(2,14-18)11-7-13-20-12-6-10-16(20)15-8-4-5-9-15/h15-16,19H,3-13H2,1-2H3. The molecule has 1 heterocycles. The van der Waals surface area contributed by atoms with Crippen LogP contribution >= 0.6 is 0 Å². The Hall–Kier alpha value is -0.590. The van der Waals surface area contributed by atoms with Crippen molar-refractivity contribution in [2.45, 2.75) is 76.8 Å². The van der Waals surface area contributed by atoms with Gasteiger partial charge >= 0.3 is 0 Å². The highest BCUT2D eigenvalue weighted by Gasteiger charge is 2.33. The molecule has 2 aliphatic rings. The van der Waals surface area contributed by atoms with Crippen molar-refractivity contribution in [2.75, 3.05) is 19.6 Å². The first-order valence-corrected chi connectivity index (χ1v) is 8.59. The number of nitriles is 1. The van der Waals surface area contributed by atoms with Gasteiger partial charge in [-0.25, -0.2) is 0 Å². The maximum atomic E-state index is 9.31. The molecule has 1 aliphatic heterocycles. The van der Waals surface area contributed by atoms with Crippen LogP contribution < -0.4 is 5.32 Å². The van der Waals surface area contributed by atoms with Crippen LogP contribution in [0.25, 0.3) is 0 Å². The summed E-state index contributed by atoms with van der Waals surface area (Å²) in [6.45, 7) is 7.45. The van der Waals surface area contributed by atoms with E-state index in [4.69, 9.17) is 0 Å². The van der Waals surface area contributed by atoms with Gasteiger partial charge in [-0.1, -0.05) is 19.8 Å². The summed E-state index contributed by atoms with van der Waals surface area (Å²) in [6.07, 6.45) is 10.7. The average molecular weight is 277 g/mol. The second-order valence-corrected chi connectivity index (χ2v) is 6.87. The molecule has 0 bridgehead atoms. The van der Waals surface area contributed by atoms with Crippen LogP contribution in [0.2, 0.25) is 0 Å². The molecule has 3 heteroatoms. The molecule has 2 unspecified atom stereocenters. The van der Waals surface area contributed by atoms with Crippen LogP contribution in [0.4, 0.5) is 0 Å². The van der Waals surface area contributed by atoms with E-state index in [9.17, 15) is 5.26 Å². The van der Waals surface area contributed by atoms with Crippen molar-refractivity contribution in [1.82, 2.24) is 10.2 Å². The summed E-state index contributed by atoms with van der Waals surface area (Å²) < 4.78 is 0. The van der Waals surface area contributed by atoms with Crippen molar-refractivity contribution in [3.63, 3.8) is 0 Å². The molecule has 20 heavy (non-hydrogen) atoms. The Morgan fingerprint density at radius 1 is 1.25 bits per heavy atom. The maximum Gasteiger partial charge on any atom is 0.103 e. The predicted molar refractivity (Wildman–Crippen MR) is 83.5 cm³/mol. The fourth-order valence-corrected chi connectivity index (χ4v) is 4.22. The zero-order valence-corrected chi connectivity index (χ0v) is 13.3. The van der Waals surface area contributed by atoms with E-state index in [0.29, 0.717) is 0 Å². The lowest BCUT2D eigenvalue weighted by molar-refractivity contribution is 0.183. The van der Waals surface area contributed by atoms with E-state index >= 15 is 0 Å². The minimum absolute atomic E-state index is 0.336. The number of likely N-dealkylation sites (tertiary alicyclic amines) is 1. The van der Waals surface area contributed by atoms with Gasteiger partial charge in [-0.3, -0.25) is 5.32 Å². The van der Waals surface area contributed by atoms with Crippen molar-refractivity contribution in [2.24, 2.45) is 5.92 Å². The van der Waals surface area contributed by atoms with Crippen LogP contribution in [0, 0.1) is 17.2 Å². The van der Waals surface area contributed by atoms with E-state index in [1.807, 2.05) is 6.92 Å². The smallest absolute Gasteiger partial charge is 0.103 e. The molecular weight excluding hydrogens is 246 g/mol. The van der Waals surface area contributed by atoms with Crippen molar-refractivity contribution in [1.29, 1.82) is 5.26 Å². The summed E-state index contributed by atoms with van der Waals surface area (Å²) >= 11 is 0. The first kappa shape index (κ1) is 15.8. The van der Waals surface area contributed by atoms with Crippen LogP contribution in [-0.2, 0) is 0 Å². The third kappa shape index (κ3) is 3.96. The number of hydrogen-bond acceptors (Lipinski definition) is 3. The zero-order chi connectivity index (χ0) is 14.4. The number of rotatable bonds is 7. The van der Waals surface area contributed by atoms with E-state index in [0.717, 1.165) is 31.3 Å². The molecular formula is C17H31N3. The van der Waals surface area contributed by atoms with Crippen LogP contribution in [0.5, 0.6) is 0 Å². The molecule has 3 nitrogen and oxygen atoms in total. The first-order chi connectivity index (χ1) is 9.68. The Balaban J connectivity index is 1.76. The van der Waals surface area contributed by atoms with Gasteiger partial charge < -0.3 is 4.90 Å². The van der Waals surface area contributed by atoms with E-state index in [2.05, 4.69) is 23.2 Å². The minimum Gasteiger partial charge on any atom is -0.300 e. The molecule has 0 amide bonds. The molecule has 2 atom stereocenters.